The first-order valence-electron chi connectivity index (χ1n) is 5.81. The topological polar surface area (TPSA) is 47.7 Å². The molecule has 1 aromatic carbocycles. The van der Waals surface area contributed by atoms with Crippen molar-refractivity contribution in [1.82, 2.24) is 0 Å². The molecule has 0 unspecified atom stereocenters. The molecular weight excluding hydrogens is 216 g/mol. The maximum Gasteiger partial charge on any atom is 0.143 e. The van der Waals surface area contributed by atoms with E-state index < -0.39 is 0 Å². The van der Waals surface area contributed by atoms with Crippen LogP contribution in [0.5, 0.6) is 5.75 Å². The van der Waals surface area contributed by atoms with Gasteiger partial charge in [-0.15, -0.1) is 0 Å². The molecule has 17 heavy (non-hydrogen) atoms. The summed E-state index contributed by atoms with van der Waals surface area (Å²) >= 11 is 0. The lowest BCUT2D eigenvalue weighted by atomic mass is 10.0. The van der Waals surface area contributed by atoms with E-state index in [9.17, 15) is 0 Å². The van der Waals surface area contributed by atoms with Gasteiger partial charge in [0.25, 0.3) is 0 Å². The van der Waals surface area contributed by atoms with Crippen LogP contribution in [0.1, 0.15) is 19.4 Å². The molecule has 0 amide bonds. The second-order valence-corrected chi connectivity index (χ2v) is 4.98. The van der Waals surface area contributed by atoms with E-state index in [1.807, 2.05) is 18.2 Å². The predicted molar refractivity (Wildman–Crippen MR) is 68.3 cm³/mol. The van der Waals surface area contributed by atoms with Gasteiger partial charge >= 0.3 is 0 Å². The number of nitrogens with two attached hydrogens (primary N) is 1. The average molecular weight is 236 g/mol. The summed E-state index contributed by atoms with van der Waals surface area (Å²) in [4.78, 5) is 2.18. The van der Waals surface area contributed by atoms with Crippen molar-refractivity contribution >= 4 is 5.69 Å². The second kappa shape index (κ2) is 4.55. The number of hydrogen-bond acceptors (Lipinski definition) is 4. The molecule has 2 N–H and O–H groups in total. The molecule has 0 bridgehead atoms. The largest absolute Gasteiger partial charge is 0.484 e. The maximum atomic E-state index is 5.99. The van der Waals surface area contributed by atoms with Gasteiger partial charge in [-0.3, -0.25) is 0 Å². The highest BCUT2D eigenvalue weighted by Crippen LogP contribution is 2.37. The van der Waals surface area contributed by atoms with E-state index >= 15 is 0 Å². The summed E-state index contributed by atoms with van der Waals surface area (Å²) in [6, 6.07) is 6.09. The van der Waals surface area contributed by atoms with Crippen molar-refractivity contribution in [2.75, 3.05) is 25.3 Å². The van der Waals surface area contributed by atoms with Gasteiger partial charge in [-0.1, -0.05) is 6.07 Å². The quantitative estimate of drug-likeness (QED) is 0.868. The Labute approximate surface area is 102 Å². The van der Waals surface area contributed by atoms with E-state index in [2.05, 4.69) is 18.7 Å². The van der Waals surface area contributed by atoms with Gasteiger partial charge in [0.1, 0.15) is 18.1 Å². The third kappa shape index (κ3) is 2.53. The molecule has 94 valence electrons. The van der Waals surface area contributed by atoms with Gasteiger partial charge in [0.15, 0.2) is 0 Å². The molecule has 0 saturated carbocycles. The summed E-state index contributed by atoms with van der Waals surface area (Å²) in [5, 5.41) is 0. The Morgan fingerprint density at radius 3 is 2.88 bits per heavy atom. The molecule has 0 aliphatic carbocycles. The monoisotopic (exact) mass is 236 g/mol. The Kier molecular flexibility index (Phi) is 3.26. The van der Waals surface area contributed by atoms with Crippen molar-refractivity contribution in [3.63, 3.8) is 0 Å². The number of ether oxygens (including phenoxy) is 2. The summed E-state index contributed by atoms with van der Waals surface area (Å²) in [5.41, 5.74) is 7.60. The van der Waals surface area contributed by atoms with E-state index in [1.54, 1.807) is 7.11 Å². The molecule has 1 heterocycles. The number of methoxy groups -OCH3 is 1. The minimum Gasteiger partial charge on any atom is -0.484 e. The van der Waals surface area contributed by atoms with Crippen LogP contribution in [0.25, 0.3) is 0 Å². The molecule has 0 aromatic heterocycles. The Hall–Kier alpha value is -1.26. The van der Waals surface area contributed by atoms with Gasteiger partial charge < -0.3 is 20.1 Å². The minimum atomic E-state index is -0.210. The fourth-order valence-electron chi connectivity index (χ4n) is 2.17. The summed E-state index contributed by atoms with van der Waals surface area (Å²) < 4.78 is 11.2. The first kappa shape index (κ1) is 12.2. The van der Waals surface area contributed by atoms with Gasteiger partial charge in [-0.2, -0.15) is 0 Å². The standard InChI is InChI=1S/C13H20N2O2/c1-13(2)8-15(9-16-3)11-5-4-10(7-14)6-12(11)17-13/h4-6H,7-9,14H2,1-3H3. The number of fused-ring (bicyclic) bond motifs is 1. The van der Waals surface area contributed by atoms with E-state index in [1.165, 1.54) is 0 Å². The summed E-state index contributed by atoms with van der Waals surface area (Å²) in [7, 11) is 1.70. The Bertz CT molecular complexity index is 404. The highest BCUT2D eigenvalue weighted by Gasteiger charge is 2.31. The predicted octanol–water partition coefficient (Wildman–Crippen LogP) is 1.73. The van der Waals surface area contributed by atoms with Crippen molar-refractivity contribution in [3.8, 4) is 5.75 Å². The molecule has 0 spiro atoms. The number of rotatable bonds is 3. The zero-order chi connectivity index (χ0) is 12.5. The van der Waals surface area contributed by atoms with E-state index in [-0.39, 0.29) is 5.60 Å². The van der Waals surface area contributed by atoms with Gasteiger partial charge in [0.2, 0.25) is 0 Å². The molecule has 1 aliphatic heterocycles. The lowest BCUT2D eigenvalue weighted by Gasteiger charge is -2.40. The number of hydrogen-bond donors (Lipinski definition) is 1. The lowest BCUT2D eigenvalue weighted by Crippen LogP contribution is -2.47. The van der Waals surface area contributed by atoms with Gasteiger partial charge in [-0.05, 0) is 31.5 Å². The van der Waals surface area contributed by atoms with Crippen LogP contribution in [0.3, 0.4) is 0 Å². The van der Waals surface area contributed by atoms with Crippen LogP contribution in [0.4, 0.5) is 5.69 Å². The molecule has 0 radical (unpaired) electrons. The Morgan fingerprint density at radius 1 is 1.47 bits per heavy atom. The fourth-order valence-corrected chi connectivity index (χ4v) is 2.17. The molecule has 1 aliphatic rings. The smallest absolute Gasteiger partial charge is 0.143 e. The van der Waals surface area contributed by atoms with E-state index in [0.717, 1.165) is 23.5 Å². The lowest BCUT2D eigenvalue weighted by molar-refractivity contribution is 0.0890. The average Bonchev–Trinajstić information content (AvgIpc) is 2.27. The Morgan fingerprint density at radius 2 is 2.24 bits per heavy atom. The SMILES string of the molecule is COCN1CC(C)(C)Oc2cc(CN)ccc21. The van der Waals surface area contributed by atoms with E-state index in [4.69, 9.17) is 15.2 Å². The number of benzene rings is 1. The fraction of sp³-hybridized carbons (Fsp3) is 0.538. The van der Waals surface area contributed by atoms with Crippen molar-refractivity contribution in [1.29, 1.82) is 0 Å². The van der Waals surface area contributed by atoms with Crippen molar-refractivity contribution in [3.05, 3.63) is 23.8 Å². The van der Waals surface area contributed by atoms with Crippen molar-refractivity contribution in [2.45, 2.75) is 26.0 Å². The summed E-state index contributed by atoms with van der Waals surface area (Å²) in [5.74, 6) is 0.890. The van der Waals surface area contributed by atoms with Crippen LogP contribution in [0.15, 0.2) is 18.2 Å². The summed E-state index contributed by atoms with van der Waals surface area (Å²) in [6.07, 6.45) is 0. The Balaban J connectivity index is 2.37. The number of nitrogens with zero attached hydrogens (tertiary/aromatic N) is 1. The number of anilines is 1. The normalized spacial score (nSPS) is 17.5. The third-order valence-electron chi connectivity index (χ3n) is 2.84. The molecule has 0 saturated heterocycles. The van der Waals surface area contributed by atoms with Crippen molar-refractivity contribution < 1.29 is 9.47 Å². The van der Waals surface area contributed by atoms with Crippen LogP contribution in [-0.2, 0) is 11.3 Å². The van der Waals surface area contributed by atoms with Crippen LogP contribution >= 0.6 is 0 Å². The van der Waals surface area contributed by atoms with Gasteiger partial charge in [0.05, 0.1) is 12.2 Å². The van der Waals surface area contributed by atoms with Crippen LogP contribution in [0.2, 0.25) is 0 Å². The zero-order valence-electron chi connectivity index (χ0n) is 10.7. The van der Waals surface area contributed by atoms with Crippen molar-refractivity contribution in [2.24, 2.45) is 5.73 Å². The van der Waals surface area contributed by atoms with E-state index in [0.29, 0.717) is 13.3 Å². The molecule has 4 nitrogen and oxygen atoms in total. The first-order valence-corrected chi connectivity index (χ1v) is 5.81. The van der Waals surface area contributed by atoms with Gasteiger partial charge in [0, 0.05) is 13.7 Å². The maximum absolute atomic E-state index is 5.99. The molecule has 4 heteroatoms. The zero-order valence-corrected chi connectivity index (χ0v) is 10.7. The van der Waals surface area contributed by atoms with Crippen LogP contribution in [0, 0.1) is 0 Å². The minimum absolute atomic E-state index is 0.210. The first-order chi connectivity index (χ1) is 8.05. The highest BCUT2D eigenvalue weighted by molar-refractivity contribution is 5.61. The summed E-state index contributed by atoms with van der Waals surface area (Å²) in [6.45, 7) is 6.07. The molecule has 1 aromatic rings. The van der Waals surface area contributed by atoms with Crippen LogP contribution in [-0.4, -0.2) is 26.0 Å². The highest BCUT2D eigenvalue weighted by atomic mass is 16.5. The van der Waals surface area contributed by atoms with Gasteiger partial charge in [-0.25, -0.2) is 0 Å². The molecule has 2 rings (SSSR count). The third-order valence-corrected chi connectivity index (χ3v) is 2.84. The van der Waals surface area contributed by atoms with Crippen LogP contribution < -0.4 is 15.4 Å². The molecule has 0 atom stereocenters. The second-order valence-electron chi connectivity index (χ2n) is 4.98. The molecular formula is C13H20N2O2. The molecule has 0 fully saturated rings.